The van der Waals surface area contributed by atoms with Gasteiger partial charge in [-0.2, -0.15) is 0 Å². The Bertz CT molecular complexity index is 424. The van der Waals surface area contributed by atoms with Crippen molar-refractivity contribution in [3.8, 4) is 5.75 Å². The van der Waals surface area contributed by atoms with E-state index in [1.54, 1.807) is 19.1 Å². The normalized spacial score (nSPS) is 11.7. The third kappa shape index (κ3) is 5.42. The number of phenolic OH excluding ortho intramolecular Hbond substituents is 1. The predicted molar refractivity (Wildman–Crippen MR) is 68.5 cm³/mol. The number of aromatic hydroxyl groups is 1. The third-order valence-electron chi connectivity index (χ3n) is 2.51. The molecule has 0 spiro atoms. The van der Waals surface area contributed by atoms with Crippen molar-refractivity contribution in [3.05, 3.63) is 29.8 Å². The Morgan fingerprint density at radius 3 is 2.42 bits per heavy atom. The monoisotopic (exact) mass is 266 g/mol. The van der Waals surface area contributed by atoms with Crippen LogP contribution < -0.4 is 0 Å². The lowest BCUT2D eigenvalue weighted by Crippen LogP contribution is -2.13. The van der Waals surface area contributed by atoms with Crippen molar-refractivity contribution in [3.63, 3.8) is 0 Å². The summed E-state index contributed by atoms with van der Waals surface area (Å²) in [5.74, 6) is -0.545. The van der Waals surface area contributed by atoms with Gasteiger partial charge in [0.1, 0.15) is 11.9 Å². The van der Waals surface area contributed by atoms with Crippen LogP contribution in [0.1, 0.15) is 38.4 Å². The molecule has 0 radical (unpaired) electrons. The number of carbonyl (C=O) groups is 2. The van der Waals surface area contributed by atoms with Gasteiger partial charge in [-0.25, -0.2) is 0 Å². The molecule has 0 saturated heterocycles. The van der Waals surface area contributed by atoms with E-state index in [0.717, 1.165) is 5.56 Å². The third-order valence-corrected chi connectivity index (χ3v) is 2.51. The lowest BCUT2D eigenvalue weighted by Gasteiger charge is -2.18. The van der Waals surface area contributed by atoms with Crippen LogP contribution in [0.3, 0.4) is 0 Å². The van der Waals surface area contributed by atoms with E-state index in [9.17, 15) is 14.7 Å². The SMILES string of the molecule is CCC(=O)OC(CCOC(C)=O)c1ccc(O)cc1. The zero-order chi connectivity index (χ0) is 14.3. The summed E-state index contributed by atoms with van der Waals surface area (Å²) in [5, 5.41) is 9.24. The summed E-state index contributed by atoms with van der Waals surface area (Å²) in [7, 11) is 0. The van der Waals surface area contributed by atoms with E-state index in [1.165, 1.54) is 19.1 Å². The molecule has 19 heavy (non-hydrogen) atoms. The minimum atomic E-state index is -0.479. The summed E-state index contributed by atoms with van der Waals surface area (Å²) in [5.41, 5.74) is 0.756. The molecule has 1 unspecified atom stereocenters. The Balaban J connectivity index is 2.70. The standard InChI is InChI=1S/C14H18O5/c1-3-14(17)19-13(8-9-18-10(2)15)11-4-6-12(16)7-5-11/h4-7,13,16H,3,8-9H2,1-2H3. The highest BCUT2D eigenvalue weighted by molar-refractivity contribution is 5.69. The zero-order valence-electron chi connectivity index (χ0n) is 11.1. The van der Waals surface area contributed by atoms with Gasteiger partial charge in [-0.1, -0.05) is 19.1 Å². The van der Waals surface area contributed by atoms with E-state index in [2.05, 4.69) is 0 Å². The Morgan fingerprint density at radius 2 is 1.89 bits per heavy atom. The molecule has 0 aliphatic heterocycles. The van der Waals surface area contributed by atoms with Crippen molar-refractivity contribution in [2.75, 3.05) is 6.61 Å². The predicted octanol–water partition coefficient (Wildman–Crippen LogP) is 2.34. The molecule has 5 nitrogen and oxygen atoms in total. The Labute approximate surface area is 112 Å². The maximum Gasteiger partial charge on any atom is 0.306 e. The molecule has 1 N–H and O–H groups in total. The highest BCUT2D eigenvalue weighted by Crippen LogP contribution is 2.24. The highest BCUT2D eigenvalue weighted by Gasteiger charge is 2.16. The second-order valence-corrected chi connectivity index (χ2v) is 4.05. The van der Waals surface area contributed by atoms with Gasteiger partial charge in [0.2, 0.25) is 0 Å². The molecule has 1 aromatic carbocycles. The zero-order valence-corrected chi connectivity index (χ0v) is 11.1. The minimum absolute atomic E-state index is 0.143. The van der Waals surface area contributed by atoms with Gasteiger partial charge in [0.05, 0.1) is 6.61 Å². The second-order valence-electron chi connectivity index (χ2n) is 4.05. The number of benzene rings is 1. The second kappa shape index (κ2) is 7.41. The molecule has 0 bridgehead atoms. The molecule has 104 valence electrons. The number of esters is 2. The summed E-state index contributed by atoms with van der Waals surface area (Å²) in [4.78, 5) is 22.1. The number of ether oxygens (including phenoxy) is 2. The lowest BCUT2D eigenvalue weighted by atomic mass is 10.1. The van der Waals surface area contributed by atoms with Crippen LogP contribution in [0.4, 0.5) is 0 Å². The number of rotatable bonds is 6. The first-order chi connectivity index (χ1) is 9.02. The minimum Gasteiger partial charge on any atom is -0.508 e. The smallest absolute Gasteiger partial charge is 0.306 e. The van der Waals surface area contributed by atoms with Crippen LogP contribution in [0.5, 0.6) is 5.75 Å². The summed E-state index contributed by atoms with van der Waals surface area (Å²) in [6, 6.07) is 6.40. The number of hydrogen-bond acceptors (Lipinski definition) is 5. The van der Waals surface area contributed by atoms with Crippen LogP contribution in [-0.4, -0.2) is 23.7 Å². The Hall–Kier alpha value is -2.04. The van der Waals surface area contributed by atoms with Crippen molar-refractivity contribution >= 4 is 11.9 Å². The summed E-state index contributed by atoms with van der Waals surface area (Å²) >= 11 is 0. The van der Waals surface area contributed by atoms with Gasteiger partial charge in [0.25, 0.3) is 0 Å². The van der Waals surface area contributed by atoms with Crippen molar-refractivity contribution in [2.45, 2.75) is 32.8 Å². The molecular weight excluding hydrogens is 248 g/mol. The van der Waals surface area contributed by atoms with Gasteiger partial charge in [-0.3, -0.25) is 9.59 Å². The van der Waals surface area contributed by atoms with Crippen LogP contribution in [0.15, 0.2) is 24.3 Å². The Kier molecular flexibility index (Phi) is 5.85. The van der Waals surface area contributed by atoms with E-state index >= 15 is 0 Å². The van der Waals surface area contributed by atoms with Crippen molar-refractivity contribution < 1.29 is 24.2 Å². The molecule has 0 aliphatic rings. The van der Waals surface area contributed by atoms with Crippen LogP contribution in [-0.2, 0) is 19.1 Å². The fraction of sp³-hybridized carbons (Fsp3) is 0.429. The van der Waals surface area contributed by atoms with E-state index in [-0.39, 0.29) is 30.7 Å². The lowest BCUT2D eigenvalue weighted by molar-refractivity contribution is -0.151. The van der Waals surface area contributed by atoms with Crippen LogP contribution in [0.25, 0.3) is 0 Å². The molecule has 0 aliphatic carbocycles. The summed E-state index contributed by atoms with van der Waals surface area (Å²) in [6.07, 6.45) is 0.186. The largest absolute Gasteiger partial charge is 0.508 e. The molecular formula is C14H18O5. The van der Waals surface area contributed by atoms with Gasteiger partial charge in [0.15, 0.2) is 0 Å². The van der Waals surface area contributed by atoms with Crippen LogP contribution >= 0.6 is 0 Å². The number of carbonyl (C=O) groups excluding carboxylic acids is 2. The van der Waals surface area contributed by atoms with Gasteiger partial charge in [-0.15, -0.1) is 0 Å². The molecule has 0 saturated carbocycles. The molecule has 1 atom stereocenters. The van der Waals surface area contributed by atoms with Crippen LogP contribution in [0.2, 0.25) is 0 Å². The van der Waals surface area contributed by atoms with E-state index in [0.29, 0.717) is 6.42 Å². The van der Waals surface area contributed by atoms with Gasteiger partial charge < -0.3 is 14.6 Å². The van der Waals surface area contributed by atoms with Crippen molar-refractivity contribution in [2.24, 2.45) is 0 Å². The number of phenols is 1. The molecule has 0 aromatic heterocycles. The van der Waals surface area contributed by atoms with E-state index in [1.807, 2.05) is 0 Å². The maximum absolute atomic E-state index is 11.4. The van der Waals surface area contributed by atoms with E-state index in [4.69, 9.17) is 9.47 Å². The van der Waals surface area contributed by atoms with Crippen molar-refractivity contribution in [1.29, 1.82) is 0 Å². The molecule has 1 rings (SSSR count). The van der Waals surface area contributed by atoms with Gasteiger partial charge in [-0.05, 0) is 17.7 Å². The molecule has 0 fully saturated rings. The molecule has 5 heteroatoms. The molecule has 1 aromatic rings. The average molecular weight is 266 g/mol. The Morgan fingerprint density at radius 1 is 1.26 bits per heavy atom. The van der Waals surface area contributed by atoms with Gasteiger partial charge >= 0.3 is 11.9 Å². The van der Waals surface area contributed by atoms with Crippen LogP contribution in [0, 0.1) is 0 Å². The first-order valence-electron chi connectivity index (χ1n) is 6.14. The summed E-state index contributed by atoms with van der Waals surface area (Å²) in [6.45, 7) is 3.22. The van der Waals surface area contributed by atoms with Gasteiger partial charge in [0, 0.05) is 19.8 Å². The average Bonchev–Trinajstić information content (AvgIpc) is 2.38. The maximum atomic E-state index is 11.4. The topological polar surface area (TPSA) is 72.8 Å². The summed E-state index contributed by atoms with van der Waals surface area (Å²) < 4.78 is 10.1. The molecule has 0 heterocycles. The van der Waals surface area contributed by atoms with Crippen molar-refractivity contribution in [1.82, 2.24) is 0 Å². The first-order valence-corrected chi connectivity index (χ1v) is 6.14. The fourth-order valence-electron chi connectivity index (χ4n) is 1.53. The fourth-order valence-corrected chi connectivity index (χ4v) is 1.53. The quantitative estimate of drug-likeness (QED) is 0.800. The first kappa shape index (κ1) is 15.0. The van der Waals surface area contributed by atoms with E-state index < -0.39 is 6.10 Å². The highest BCUT2D eigenvalue weighted by atomic mass is 16.6. The number of hydrogen-bond donors (Lipinski definition) is 1. The molecule has 0 amide bonds.